The number of tetrazole rings is 1. The minimum absolute atomic E-state index is 0.509. The molecular formula is C14H11BrClN5. The Kier molecular flexibility index (Phi) is 3.65. The van der Waals surface area contributed by atoms with Crippen molar-refractivity contribution < 1.29 is 0 Å². The lowest BCUT2D eigenvalue weighted by atomic mass is 10.2. The predicted octanol–water partition coefficient (Wildman–Crippen LogP) is 3.64. The van der Waals surface area contributed by atoms with Gasteiger partial charge in [0.05, 0.1) is 10.7 Å². The van der Waals surface area contributed by atoms with Gasteiger partial charge >= 0.3 is 0 Å². The molecule has 21 heavy (non-hydrogen) atoms. The van der Waals surface area contributed by atoms with Crippen LogP contribution in [0.1, 0.15) is 5.56 Å². The zero-order valence-corrected chi connectivity index (χ0v) is 13.4. The second-order valence-corrected chi connectivity index (χ2v) is 5.87. The topological polar surface area (TPSA) is 69.6 Å². The molecule has 0 unspecified atom stereocenters. The molecular weight excluding hydrogens is 354 g/mol. The van der Waals surface area contributed by atoms with Gasteiger partial charge in [-0.15, -0.1) is 5.10 Å². The number of nitrogens with zero attached hydrogens (tertiary/aromatic N) is 4. The van der Waals surface area contributed by atoms with E-state index in [1.807, 2.05) is 31.2 Å². The first-order chi connectivity index (χ1) is 10.1. The first-order valence-electron chi connectivity index (χ1n) is 6.16. The summed E-state index contributed by atoms with van der Waals surface area (Å²) >= 11 is 9.77. The Balaban J connectivity index is 2.19. The third-order valence-electron chi connectivity index (χ3n) is 3.03. The highest BCUT2D eigenvalue weighted by molar-refractivity contribution is 9.10. The van der Waals surface area contributed by atoms with Crippen LogP contribution in [0.3, 0.4) is 0 Å². The predicted molar refractivity (Wildman–Crippen MR) is 86.4 cm³/mol. The fourth-order valence-corrected chi connectivity index (χ4v) is 2.70. The molecule has 7 heteroatoms. The second kappa shape index (κ2) is 5.46. The van der Waals surface area contributed by atoms with E-state index in [9.17, 15) is 0 Å². The number of nitrogens with two attached hydrogens (primary N) is 1. The SMILES string of the molecule is Cc1ccc(Br)c(-n2nnnc2-c2ccc(N)cc2Cl)c1. The van der Waals surface area contributed by atoms with Crippen LogP contribution in [0.4, 0.5) is 5.69 Å². The van der Waals surface area contributed by atoms with Gasteiger partial charge in [0.25, 0.3) is 0 Å². The molecule has 0 aliphatic heterocycles. The molecule has 0 fully saturated rings. The fraction of sp³-hybridized carbons (Fsp3) is 0.0714. The molecule has 0 bridgehead atoms. The van der Waals surface area contributed by atoms with Crippen molar-refractivity contribution in [1.29, 1.82) is 0 Å². The number of nitrogen functional groups attached to an aromatic ring is 1. The first-order valence-corrected chi connectivity index (χ1v) is 7.33. The standard InChI is InChI=1S/C14H11BrClN5/c1-8-2-5-11(15)13(6-8)21-14(18-19-20-21)10-4-3-9(17)7-12(10)16/h2-7H,17H2,1H3. The molecule has 2 aromatic carbocycles. The summed E-state index contributed by atoms with van der Waals surface area (Å²) in [6.07, 6.45) is 0. The number of hydrogen-bond acceptors (Lipinski definition) is 4. The molecule has 0 saturated heterocycles. The molecule has 1 heterocycles. The van der Waals surface area contributed by atoms with E-state index >= 15 is 0 Å². The molecule has 0 radical (unpaired) electrons. The van der Waals surface area contributed by atoms with E-state index in [1.165, 1.54) is 0 Å². The van der Waals surface area contributed by atoms with Crippen LogP contribution < -0.4 is 5.73 Å². The van der Waals surface area contributed by atoms with Gasteiger partial charge in [0.1, 0.15) is 0 Å². The van der Waals surface area contributed by atoms with Crippen LogP contribution in [0.25, 0.3) is 17.1 Å². The lowest BCUT2D eigenvalue weighted by Gasteiger charge is -2.09. The average Bonchev–Trinajstić information content (AvgIpc) is 2.90. The highest BCUT2D eigenvalue weighted by Crippen LogP contribution is 2.31. The number of halogens is 2. The first kappa shape index (κ1) is 14.0. The Morgan fingerprint density at radius 2 is 2.00 bits per heavy atom. The van der Waals surface area contributed by atoms with E-state index in [-0.39, 0.29) is 0 Å². The van der Waals surface area contributed by atoms with Crippen molar-refractivity contribution in [1.82, 2.24) is 20.2 Å². The molecule has 3 aromatic rings. The lowest BCUT2D eigenvalue weighted by Crippen LogP contribution is -2.02. The van der Waals surface area contributed by atoms with Crippen molar-refractivity contribution in [2.45, 2.75) is 6.92 Å². The molecule has 106 valence electrons. The number of anilines is 1. The summed E-state index contributed by atoms with van der Waals surface area (Å²) in [5, 5.41) is 12.4. The number of rotatable bonds is 2. The number of aryl methyl sites for hydroxylation is 1. The van der Waals surface area contributed by atoms with Crippen molar-refractivity contribution in [3.8, 4) is 17.1 Å². The minimum Gasteiger partial charge on any atom is -0.399 e. The van der Waals surface area contributed by atoms with Crippen molar-refractivity contribution in [2.75, 3.05) is 5.73 Å². The molecule has 0 amide bonds. The van der Waals surface area contributed by atoms with Gasteiger partial charge in [-0.25, -0.2) is 0 Å². The highest BCUT2D eigenvalue weighted by atomic mass is 79.9. The highest BCUT2D eigenvalue weighted by Gasteiger charge is 2.15. The Morgan fingerprint density at radius 1 is 1.19 bits per heavy atom. The number of aromatic nitrogens is 4. The normalized spacial score (nSPS) is 10.8. The van der Waals surface area contributed by atoms with Gasteiger partial charge < -0.3 is 5.73 Å². The summed E-state index contributed by atoms with van der Waals surface area (Å²) in [5.41, 5.74) is 9.01. The van der Waals surface area contributed by atoms with E-state index in [2.05, 4.69) is 31.5 Å². The van der Waals surface area contributed by atoms with Gasteiger partial charge in [-0.2, -0.15) is 4.68 Å². The minimum atomic E-state index is 0.509. The van der Waals surface area contributed by atoms with Gasteiger partial charge in [-0.3, -0.25) is 0 Å². The van der Waals surface area contributed by atoms with Crippen molar-refractivity contribution in [3.05, 3.63) is 51.5 Å². The van der Waals surface area contributed by atoms with Gasteiger partial charge in [-0.1, -0.05) is 17.7 Å². The maximum Gasteiger partial charge on any atom is 0.188 e. The van der Waals surface area contributed by atoms with Crippen LogP contribution in [-0.2, 0) is 0 Å². The summed E-state index contributed by atoms with van der Waals surface area (Å²) in [5.74, 6) is 0.561. The number of hydrogen-bond donors (Lipinski definition) is 1. The Bertz CT molecular complexity index is 815. The summed E-state index contributed by atoms with van der Waals surface area (Å²) < 4.78 is 2.54. The average molecular weight is 365 g/mol. The number of benzene rings is 2. The largest absolute Gasteiger partial charge is 0.399 e. The molecule has 3 rings (SSSR count). The van der Waals surface area contributed by atoms with Gasteiger partial charge in [0.2, 0.25) is 0 Å². The maximum atomic E-state index is 6.25. The van der Waals surface area contributed by atoms with Crippen LogP contribution in [0.2, 0.25) is 5.02 Å². The summed E-state index contributed by atoms with van der Waals surface area (Å²) in [6, 6.07) is 11.2. The fourth-order valence-electron chi connectivity index (χ4n) is 2.02. The van der Waals surface area contributed by atoms with Crippen molar-refractivity contribution in [2.24, 2.45) is 0 Å². The smallest absolute Gasteiger partial charge is 0.188 e. The van der Waals surface area contributed by atoms with Crippen LogP contribution in [0.15, 0.2) is 40.9 Å². The van der Waals surface area contributed by atoms with Gasteiger partial charge in [0, 0.05) is 15.7 Å². The molecule has 0 spiro atoms. The van der Waals surface area contributed by atoms with Crippen LogP contribution >= 0.6 is 27.5 Å². The second-order valence-electron chi connectivity index (χ2n) is 4.61. The maximum absolute atomic E-state index is 6.25. The molecule has 1 aromatic heterocycles. The van der Waals surface area contributed by atoms with E-state index in [0.29, 0.717) is 16.5 Å². The Labute approximate surface area is 134 Å². The van der Waals surface area contributed by atoms with Gasteiger partial charge in [0.15, 0.2) is 5.82 Å². The van der Waals surface area contributed by atoms with E-state index < -0.39 is 0 Å². The molecule has 5 nitrogen and oxygen atoms in total. The zero-order valence-electron chi connectivity index (χ0n) is 11.1. The molecule has 0 aliphatic rings. The van der Waals surface area contributed by atoms with E-state index in [4.69, 9.17) is 17.3 Å². The zero-order chi connectivity index (χ0) is 15.0. The van der Waals surface area contributed by atoms with Crippen LogP contribution in [-0.4, -0.2) is 20.2 Å². The third kappa shape index (κ3) is 2.64. The third-order valence-corrected chi connectivity index (χ3v) is 4.02. The lowest BCUT2D eigenvalue weighted by molar-refractivity contribution is 0.788. The Hall–Kier alpha value is -1.92. The quantitative estimate of drug-likeness (QED) is 0.705. The van der Waals surface area contributed by atoms with Crippen LogP contribution in [0, 0.1) is 6.92 Å². The summed E-state index contributed by atoms with van der Waals surface area (Å²) in [4.78, 5) is 0. The van der Waals surface area contributed by atoms with E-state index in [1.54, 1.807) is 16.8 Å². The van der Waals surface area contributed by atoms with Gasteiger partial charge in [-0.05, 0) is 69.2 Å². The molecule has 0 atom stereocenters. The molecule has 0 aliphatic carbocycles. The molecule has 0 saturated carbocycles. The summed E-state index contributed by atoms with van der Waals surface area (Å²) in [6.45, 7) is 2.01. The Morgan fingerprint density at radius 3 is 2.76 bits per heavy atom. The van der Waals surface area contributed by atoms with E-state index in [0.717, 1.165) is 21.3 Å². The monoisotopic (exact) mass is 363 g/mol. The van der Waals surface area contributed by atoms with Crippen molar-refractivity contribution in [3.63, 3.8) is 0 Å². The summed E-state index contributed by atoms with van der Waals surface area (Å²) in [7, 11) is 0. The van der Waals surface area contributed by atoms with Crippen LogP contribution in [0.5, 0.6) is 0 Å². The van der Waals surface area contributed by atoms with Crippen molar-refractivity contribution >= 4 is 33.2 Å². The molecule has 2 N–H and O–H groups in total.